The molecular weight excluding hydrogens is 833 g/mol. The Morgan fingerprint density at radius 2 is 1.46 bits per heavy atom. The Balaban J connectivity index is 1.79. The van der Waals surface area contributed by atoms with Crippen molar-refractivity contribution in [3.05, 3.63) is 47.0 Å². The minimum Gasteiger partial charge on any atom is -0.456 e. The van der Waals surface area contributed by atoms with Crippen molar-refractivity contribution in [2.24, 2.45) is 34.5 Å². The number of ether oxygens (including phenoxy) is 4. The van der Waals surface area contributed by atoms with Crippen LogP contribution in [0.5, 0.6) is 0 Å². The second-order valence-electron chi connectivity index (χ2n) is 20.9. The van der Waals surface area contributed by atoms with Crippen molar-refractivity contribution < 1.29 is 52.4 Å². The van der Waals surface area contributed by atoms with Gasteiger partial charge in [-0.3, -0.25) is 4.79 Å². The maximum atomic E-state index is 14.9. The molecule has 11 nitrogen and oxygen atoms in total. The van der Waals surface area contributed by atoms with Gasteiger partial charge in [0.1, 0.15) is 30.0 Å². The maximum Gasteiger partial charge on any atom is 0.338 e. The van der Waals surface area contributed by atoms with Crippen molar-refractivity contribution in [1.82, 2.24) is 0 Å². The Morgan fingerprint density at radius 1 is 0.889 bits per heavy atom. The lowest BCUT2D eigenvalue weighted by Gasteiger charge is -2.70. The fraction of sp³-hybridized carbons (Fsp3) is 0.780. The normalized spacial score (nSPS) is 33.8. The highest BCUT2D eigenvalue weighted by atomic mass is 28.4. The van der Waals surface area contributed by atoms with Gasteiger partial charge >= 0.3 is 17.9 Å². The molecule has 5 rings (SSSR count). The molecule has 13 heteroatoms. The van der Waals surface area contributed by atoms with Gasteiger partial charge in [-0.25, -0.2) is 9.59 Å². The molecule has 2 bridgehead atoms. The third kappa shape index (κ3) is 8.96. The number of fused-ring (bicyclic) bond motifs is 5. The molecule has 0 radical (unpaired) electrons. The summed E-state index contributed by atoms with van der Waals surface area (Å²) < 4.78 is 40.8. The summed E-state index contributed by atoms with van der Waals surface area (Å²) in [5.74, 6) is -3.17. The molecule has 356 valence electrons. The van der Waals surface area contributed by atoms with Gasteiger partial charge in [-0.05, 0) is 79.2 Å². The van der Waals surface area contributed by atoms with Crippen LogP contribution >= 0.6 is 0 Å². The van der Waals surface area contributed by atoms with Gasteiger partial charge in [-0.2, -0.15) is 0 Å². The van der Waals surface area contributed by atoms with E-state index in [1.807, 2.05) is 40.7 Å². The van der Waals surface area contributed by atoms with E-state index in [-0.39, 0.29) is 24.5 Å². The zero-order chi connectivity index (χ0) is 47.1. The molecule has 12 atom stereocenters. The standard InChI is InChI=1S/C50H82O11Si2/c1-16-62(17-2,18-3)60-38-28-39-49(30-56-39,59-35(12)51)42-44(58-45(53)36-25-23-22-24-26-36)50(55)29-37(33(10)40(47(50,13)14)34(11)43(52)48(38,42)15)57-46(54)41(32(9)27-31(7)8)61-63(19-4,20-5)21-6/h22-26,31-32,34,37-39,41-44,52,55H,16-21,27-30H2,1-15H3/t32-,34-,37-,38-,39+,41?,42-,43-,44-,48+,49-,50+/m0/s1. The number of carbonyl (C=O) groups is 3. The van der Waals surface area contributed by atoms with Gasteiger partial charge in [0.25, 0.3) is 0 Å². The molecule has 0 amide bonds. The van der Waals surface area contributed by atoms with Gasteiger partial charge in [-0.15, -0.1) is 0 Å². The smallest absolute Gasteiger partial charge is 0.338 e. The Kier molecular flexibility index (Phi) is 15.9. The van der Waals surface area contributed by atoms with Crippen molar-refractivity contribution in [2.45, 2.75) is 207 Å². The Morgan fingerprint density at radius 3 is 1.95 bits per heavy atom. The van der Waals surface area contributed by atoms with Gasteiger partial charge in [0.05, 0.1) is 30.3 Å². The average molecular weight is 915 g/mol. The van der Waals surface area contributed by atoms with E-state index in [2.05, 4.69) is 62.3 Å². The quantitative estimate of drug-likeness (QED) is 0.0628. The number of rotatable bonds is 18. The minimum atomic E-state index is -2.40. The van der Waals surface area contributed by atoms with Crippen LogP contribution in [0.1, 0.15) is 133 Å². The first kappa shape index (κ1) is 51.6. The average Bonchev–Trinajstić information content (AvgIpc) is 3.24. The van der Waals surface area contributed by atoms with Crippen molar-refractivity contribution >= 4 is 34.5 Å². The second-order valence-corrected chi connectivity index (χ2v) is 30.3. The first-order chi connectivity index (χ1) is 29.5. The molecule has 2 saturated carbocycles. The van der Waals surface area contributed by atoms with Crippen molar-refractivity contribution in [3.63, 3.8) is 0 Å². The summed E-state index contributed by atoms with van der Waals surface area (Å²) in [6.07, 6.45) is -4.66. The van der Waals surface area contributed by atoms with Crippen LogP contribution in [0.15, 0.2) is 41.5 Å². The molecule has 0 aromatic heterocycles. The van der Waals surface area contributed by atoms with Crippen LogP contribution < -0.4 is 0 Å². The van der Waals surface area contributed by atoms with E-state index in [9.17, 15) is 24.6 Å². The molecular formula is C50H82O11Si2. The Labute approximate surface area is 381 Å². The van der Waals surface area contributed by atoms with Crippen LogP contribution in [-0.2, 0) is 37.4 Å². The number of carbonyl (C=O) groups excluding carboxylic acids is 3. The second kappa shape index (κ2) is 19.4. The fourth-order valence-corrected chi connectivity index (χ4v) is 18.5. The van der Waals surface area contributed by atoms with E-state index >= 15 is 0 Å². The largest absolute Gasteiger partial charge is 0.456 e. The third-order valence-electron chi connectivity index (χ3n) is 16.9. The minimum absolute atomic E-state index is 0.0239. The predicted octanol–water partition coefficient (Wildman–Crippen LogP) is 9.80. The molecule has 1 unspecified atom stereocenters. The zero-order valence-electron chi connectivity index (χ0n) is 41.3. The van der Waals surface area contributed by atoms with Crippen LogP contribution in [0.2, 0.25) is 36.3 Å². The van der Waals surface area contributed by atoms with Crippen LogP contribution in [0.3, 0.4) is 0 Å². The summed E-state index contributed by atoms with van der Waals surface area (Å²) >= 11 is 0. The third-order valence-corrected chi connectivity index (χ3v) is 26.2. The summed E-state index contributed by atoms with van der Waals surface area (Å²) in [5, 5.41) is 27.5. The lowest BCUT2D eigenvalue weighted by atomic mass is 9.43. The summed E-state index contributed by atoms with van der Waals surface area (Å²) in [6.45, 7) is 30.3. The topological polar surface area (TPSA) is 147 Å². The van der Waals surface area contributed by atoms with Crippen LogP contribution in [0, 0.1) is 34.5 Å². The molecule has 1 saturated heterocycles. The van der Waals surface area contributed by atoms with Crippen molar-refractivity contribution in [3.8, 4) is 0 Å². The number of aliphatic hydroxyl groups is 2. The number of aliphatic hydroxyl groups excluding tert-OH is 1. The Bertz CT molecular complexity index is 1790. The zero-order valence-corrected chi connectivity index (χ0v) is 43.3. The molecule has 1 aromatic carbocycles. The van der Waals surface area contributed by atoms with Gasteiger partial charge in [0.2, 0.25) is 0 Å². The summed E-state index contributed by atoms with van der Waals surface area (Å²) in [4.78, 5) is 42.9. The molecule has 1 heterocycles. The van der Waals surface area contributed by atoms with Crippen LogP contribution in [-0.4, -0.2) is 99.2 Å². The SMILES string of the molecule is CC[Si](CC)(CC)OC(C(=O)O[C@H]1C[C@@]2(O)[C@@H](OC(=O)c3ccccc3)[C@@H]3[C@]4(OC(C)=O)CO[C@@H]4C[C@H](O[Si](CC)(CC)CC)[C@@]3(C)[C@@H](O)[C@@H](C)C(=C1C)C2(C)C)[C@@H](C)CC(C)C. The summed E-state index contributed by atoms with van der Waals surface area (Å²) in [7, 11) is -4.70. The van der Waals surface area contributed by atoms with Crippen molar-refractivity contribution in [1.29, 1.82) is 0 Å². The first-order valence-corrected chi connectivity index (χ1v) is 29.3. The van der Waals surface area contributed by atoms with Gasteiger partial charge in [0, 0.05) is 36.5 Å². The summed E-state index contributed by atoms with van der Waals surface area (Å²) in [5.41, 5.74) is -4.03. The van der Waals surface area contributed by atoms with E-state index in [0.29, 0.717) is 12.3 Å². The highest BCUT2D eigenvalue weighted by Crippen LogP contribution is 2.66. The van der Waals surface area contributed by atoms with Gasteiger partial charge in [0.15, 0.2) is 22.2 Å². The number of hydrogen-bond acceptors (Lipinski definition) is 11. The molecule has 0 spiro atoms. The van der Waals surface area contributed by atoms with E-state index in [4.69, 9.17) is 27.8 Å². The molecule has 3 aliphatic carbocycles. The monoisotopic (exact) mass is 915 g/mol. The molecule has 4 aliphatic rings. The number of esters is 3. The Hall–Kier alpha value is -2.40. The molecule has 3 fully saturated rings. The van der Waals surface area contributed by atoms with Crippen LogP contribution in [0.4, 0.5) is 0 Å². The summed E-state index contributed by atoms with van der Waals surface area (Å²) in [6, 6.07) is 13.8. The molecule has 2 N–H and O–H groups in total. The van der Waals surface area contributed by atoms with E-state index in [0.717, 1.165) is 53.8 Å². The lowest BCUT2D eigenvalue weighted by Crippen LogP contribution is -2.82. The molecule has 1 aromatic rings. The highest BCUT2D eigenvalue weighted by Gasteiger charge is 2.78. The lowest BCUT2D eigenvalue weighted by molar-refractivity contribution is -0.361. The predicted molar refractivity (Wildman–Crippen MR) is 250 cm³/mol. The van der Waals surface area contributed by atoms with E-state index in [1.54, 1.807) is 24.3 Å². The number of benzene rings is 1. The molecule has 1 aliphatic heterocycles. The van der Waals surface area contributed by atoms with Gasteiger partial charge < -0.3 is 38.0 Å². The van der Waals surface area contributed by atoms with Crippen molar-refractivity contribution in [2.75, 3.05) is 6.61 Å². The number of hydrogen-bond donors (Lipinski definition) is 2. The van der Waals surface area contributed by atoms with E-state index in [1.165, 1.54) is 6.92 Å². The van der Waals surface area contributed by atoms with Gasteiger partial charge in [-0.1, -0.05) is 114 Å². The van der Waals surface area contributed by atoms with E-state index < -0.39 is 105 Å². The highest BCUT2D eigenvalue weighted by molar-refractivity contribution is 6.74. The first-order valence-electron chi connectivity index (χ1n) is 24.2. The van der Waals surface area contributed by atoms with Crippen LogP contribution in [0.25, 0.3) is 0 Å². The fourth-order valence-electron chi connectivity index (χ4n) is 12.7. The maximum absolute atomic E-state index is 14.9. The molecule has 63 heavy (non-hydrogen) atoms.